The fourth-order valence-corrected chi connectivity index (χ4v) is 2.79. The molecule has 0 atom stereocenters. The highest BCUT2D eigenvalue weighted by atomic mass is 79.9. The summed E-state index contributed by atoms with van der Waals surface area (Å²) in [6, 6.07) is 6.56. The van der Waals surface area contributed by atoms with Gasteiger partial charge in [0, 0.05) is 11.6 Å². The van der Waals surface area contributed by atoms with Gasteiger partial charge in [-0.25, -0.2) is 0 Å². The summed E-state index contributed by atoms with van der Waals surface area (Å²) in [7, 11) is 1.76. The molecule has 1 heterocycles. The number of benzene rings is 1. The summed E-state index contributed by atoms with van der Waals surface area (Å²) in [5, 5.41) is 3.41. The van der Waals surface area contributed by atoms with Crippen molar-refractivity contribution in [3.8, 4) is 0 Å². The lowest BCUT2D eigenvalue weighted by molar-refractivity contribution is 0.183. The summed E-state index contributed by atoms with van der Waals surface area (Å²) >= 11 is 3.52. The van der Waals surface area contributed by atoms with E-state index >= 15 is 0 Å². The molecular weight excluding hydrogens is 266 g/mol. The van der Waals surface area contributed by atoms with Gasteiger partial charge in [-0.1, -0.05) is 22.0 Å². The van der Waals surface area contributed by atoms with E-state index in [-0.39, 0.29) is 0 Å². The molecule has 0 unspecified atom stereocenters. The Morgan fingerprint density at radius 3 is 2.81 bits per heavy atom. The Bertz CT molecular complexity index is 348. The first kappa shape index (κ1) is 12.1. The van der Waals surface area contributed by atoms with Crippen LogP contribution in [0.3, 0.4) is 0 Å². The van der Waals surface area contributed by atoms with E-state index in [0.29, 0.717) is 12.5 Å². The molecule has 1 saturated heterocycles. The Balaban J connectivity index is 2.23. The fourth-order valence-electron chi connectivity index (χ4n) is 2.39. The number of halogens is 1. The van der Waals surface area contributed by atoms with Crippen molar-refractivity contribution in [3.63, 3.8) is 0 Å². The van der Waals surface area contributed by atoms with Crippen LogP contribution in [0.15, 0.2) is 22.7 Å². The molecule has 0 aromatic heterocycles. The molecule has 0 radical (unpaired) electrons. The molecule has 0 aliphatic carbocycles. The van der Waals surface area contributed by atoms with E-state index < -0.39 is 0 Å². The predicted molar refractivity (Wildman–Crippen MR) is 69.7 cm³/mol. The largest absolute Gasteiger partial charge is 0.380 e. The third-order valence-corrected chi connectivity index (χ3v) is 3.68. The molecule has 0 saturated carbocycles. The summed E-state index contributed by atoms with van der Waals surface area (Å²) in [6.07, 6.45) is 2.47. The van der Waals surface area contributed by atoms with E-state index in [1.807, 2.05) is 0 Å². The first-order chi connectivity index (χ1) is 7.81. The van der Waals surface area contributed by atoms with Crippen LogP contribution >= 0.6 is 15.9 Å². The zero-order chi connectivity index (χ0) is 11.4. The molecule has 16 heavy (non-hydrogen) atoms. The number of nitrogens with one attached hydrogen (secondary N) is 1. The van der Waals surface area contributed by atoms with Crippen molar-refractivity contribution >= 4 is 15.9 Å². The van der Waals surface area contributed by atoms with Gasteiger partial charge in [-0.15, -0.1) is 0 Å². The van der Waals surface area contributed by atoms with Crippen molar-refractivity contribution in [2.24, 2.45) is 0 Å². The van der Waals surface area contributed by atoms with Crippen LogP contribution in [0.1, 0.15) is 29.9 Å². The quantitative estimate of drug-likeness (QED) is 0.921. The first-order valence-electron chi connectivity index (χ1n) is 5.79. The molecule has 2 rings (SSSR count). The van der Waals surface area contributed by atoms with E-state index in [4.69, 9.17) is 4.74 Å². The van der Waals surface area contributed by atoms with E-state index in [2.05, 4.69) is 39.4 Å². The molecule has 1 aliphatic rings. The molecule has 1 aromatic rings. The molecule has 1 fully saturated rings. The molecule has 1 N–H and O–H groups in total. The van der Waals surface area contributed by atoms with Crippen molar-refractivity contribution in [2.75, 3.05) is 20.2 Å². The fraction of sp³-hybridized carbons (Fsp3) is 0.538. The maximum absolute atomic E-state index is 5.28. The van der Waals surface area contributed by atoms with Crippen molar-refractivity contribution < 1.29 is 4.74 Å². The second-order valence-corrected chi connectivity index (χ2v) is 5.22. The number of ether oxygens (including phenoxy) is 1. The van der Waals surface area contributed by atoms with Gasteiger partial charge in [-0.3, -0.25) is 0 Å². The normalized spacial score (nSPS) is 17.6. The maximum atomic E-state index is 5.28. The van der Waals surface area contributed by atoms with Crippen LogP contribution in [0, 0.1) is 0 Å². The number of hydrogen-bond donors (Lipinski definition) is 1. The van der Waals surface area contributed by atoms with E-state index in [9.17, 15) is 0 Å². The van der Waals surface area contributed by atoms with Crippen LogP contribution in [0.5, 0.6) is 0 Å². The number of rotatable bonds is 3. The highest BCUT2D eigenvalue weighted by Gasteiger charge is 2.18. The van der Waals surface area contributed by atoms with Crippen LogP contribution in [0.25, 0.3) is 0 Å². The van der Waals surface area contributed by atoms with E-state index in [1.165, 1.54) is 24.0 Å². The van der Waals surface area contributed by atoms with Gasteiger partial charge < -0.3 is 10.1 Å². The third kappa shape index (κ3) is 2.84. The summed E-state index contributed by atoms with van der Waals surface area (Å²) in [5.74, 6) is 0.694. The summed E-state index contributed by atoms with van der Waals surface area (Å²) in [4.78, 5) is 0. The number of piperidine rings is 1. The Kier molecular flexibility index (Phi) is 4.38. The average Bonchev–Trinajstić information content (AvgIpc) is 2.31. The Hall–Kier alpha value is -0.380. The zero-order valence-electron chi connectivity index (χ0n) is 9.63. The average molecular weight is 284 g/mol. The van der Waals surface area contributed by atoms with Crippen LogP contribution in [0.4, 0.5) is 0 Å². The van der Waals surface area contributed by atoms with Gasteiger partial charge >= 0.3 is 0 Å². The number of hydrogen-bond acceptors (Lipinski definition) is 2. The van der Waals surface area contributed by atoms with E-state index in [1.54, 1.807) is 7.11 Å². The van der Waals surface area contributed by atoms with E-state index in [0.717, 1.165) is 17.6 Å². The summed E-state index contributed by atoms with van der Waals surface area (Å²) in [5.41, 5.74) is 2.79. The van der Waals surface area contributed by atoms with Gasteiger partial charge in [0.05, 0.1) is 6.61 Å². The Labute approximate surface area is 106 Å². The van der Waals surface area contributed by atoms with Crippen molar-refractivity contribution in [1.82, 2.24) is 5.32 Å². The lowest BCUT2D eigenvalue weighted by Gasteiger charge is -2.25. The second-order valence-electron chi connectivity index (χ2n) is 4.30. The van der Waals surface area contributed by atoms with Crippen LogP contribution in [-0.2, 0) is 11.3 Å². The smallest absolute Gasteiger partial charge is 0.0716 e. The molecule has 3 heteroatoms. The van der Waals surface area contributed by atoms with Gasteiger partial charge in [0.2, 0.25) is 0 Å². The lowest BCUT2D eigenvalue weighted by atomic mass is 9.87. The van der Waals surface area contributed by atoms with Crippen LogP contribution < -0.4 is 5.32 Å². The molecule has 0 amide bonds. The van der Waals surface area contributed by atoms with Crippen molar-refractivity contribution in [3.05, 3.63) is 33.8 Å². The number of methoxy groups -OCH3 is 1. The topological polar surface area (TPSA) is 21.3 Å². The molecule has 88 valence electrons. The molecular formula is C13H18BrNO. The highest BCUT2D eigenvalue weighted by molar-refractivity contribution is 9.10. The third-order valence-electron chi connectivity index (χ3n) is 3.18. The summed E-state index contributed by atoms with van der Waals surface area (Å²) in [6.45, 7) is 2.97. The Morgan fingerprint density at radius 1 is 1.38 bits per heavy atom. The lowest BCUT2D eigenvalue weighted by Crippen LogP contribution is -2.27. The predicted octanol–water partition coefficient (Wildman–Crippen LogP) is 3.06. The second kappa shape index (κ2) is 5.80. The Morgan fingerprint density at radius 2 is 2.12 bits per heavy atom. The zero-order valence-corrected chi connectivity index (χ0v) is 11.2. The first-order valence-corrected chi connectivity index (χ1v) is 6.58. The minimum atomic E-state index is 0.694. The van der Waals surface area contributed by atoms with Crippen molar-refractivity contribution in [1.29, 1.82) is 0 Å². The van der Waals surface area contributed by atoms with Gasteiger partial charge in [0.15, 0.2) is 0 Å². The van der Waals surface area contributed by atoms with Gasteiger partial charge in [0.1, 0.15) is 0 Å². The molecule has 1 aliphatic heterocycles. The van der Waals surface area contributed by atoms with Crippen LogP contribution in [0.2, 0.25) is 0 Å². The van der Waals surface area contributed by atoms with Gasteiger partial charge in [-0.05, 0) is 55.1 Å². The highest BCUT2D eigenvalue weighted by Crippen LogP contribution is 2.30. The minimum Gasteiger partial charge on any atom is -0.380 e. The van der Waals surface area contributed by atoms with Gasteiger partial charge in [-0.2, -0.15) is 0 Å². The molecule has 2 nitrogen and oxygen atoms in total. The minimum absolute atomic E-state index is 0.694. The SMILES string of the molecule is COCc1cc(Br)ccc1C1CCNCC1. The maximum Gasteiger partial charge on any atom is 0.0716 e. The van der Waals surface area contributed by atoms with Crippen molar-refractivity contribution in [2.45, 2.75) is 25.4 Å². The standard InChI is InChI=1S/C13H18BrNO/c1-16-9-11-8-12(14)2-3-13(11)10-4-6-15-7-5-10/h2-3,8,10,15H,4-7,9H2,1H3. The van der Waals surface area contributed by atoms with Crippen LogP contribution in [-0.4, -0.2) is 20.2 Å². The van der Waals surface area contributed by atoms with Gasteiger partial charge in [0.25, 0.3) is 0 Å². The summed E-state index contributed by atoms with van der Waals surface area (Å²) < 4.78 is 6.41. The molecule has 0 bridgehead atoms. The molecule has 0 spiro atoms. The molecule has 1 aromatic carbocycles. The monoisotopic (exact) mass is 283 g/mol.